The molecule has 13 heavy (non-hydrogen) atoms. The monoisotopic (exact) mass is 187 g/mol. The Balaban J connectivity index is 3.63. The molecule has 0 rings (SSSR count). The highest BCUT2D eigenvalue weighted by Crippen LogP contribution is 2.24. The lowest BCUT2D eigenvalue weighted by atomic mass is 9.81. The van der Waals surface area contributed by atoms with Crippen molar-refractivity contribution in [2.24, 2.45) is 11.3 Å². The van der Waals surface area contributed by atoms with Crippen LogP contribution in [0, 0.1) is 11.3 Å². The standard InChI is InChI=1S/C11H25NO/c1-9(2)11(4,5)8-12-7-10(3)13-6/h9-10,12H,7-8H2,1-6H3. The molecule has 0 aromatic rings. The van der Waals surface area contributed by atoms with E-state index in [1.165, 1.54) is 0 Å². The van der Waals surface area contributed by atoms with E-state index in [0.29, 0.717) is 17.4 Å². The van der Waals surface area contributed by atoms with Crippen LogP contribution in [-0.4, -0.2) is 26.3 Å². The molecule has 0 aliphatic heterocycles. The SMILES string of the molecule is COC(C)CNCC(C)(C)C(C)C. The fraction of sp³-hybridized carbons (Fsp3) is 1.00. The molecule has 0 radical (unpaired) electrons. The maximum Gasteiger partial charge on any atom is 0.0667 e. The first-order chi connectivity index (χ1) is 5.90. The van der Waals surface area contributed by atoms with Crippen molar-refractivity contribution < 1.29 is 4.74 Å². The molecule has 0 spiro atoms. The number of hydrogen-bond donors (Lipinski definition) is 1. The predicted molar refractivity (Wildman–Crippen MR) is 58.0 cm³/mol. The van der Waals surface area contributed by atoms with Gasteiger partial charge >= 0.3 is 0 Å². The Bertz CT molecular complexity index is 132. The van der Waals surface area contributed by atoms with Crippen LogP contribution >= 0.6 is 0 Å². The van der Waals surface area contributed by atoms with Crippen LogP contribution in [-0.2, 0) is 4.74 Å². The molecule has 0 saturated carbocycles. The van der Waals surface area contributed by atoms with Crippen molar-refractivity contribution in [3.05, 3.63) is 0 Å². The molecular formula is C11H25NO. The van der Waals surface area contributed by atoms with Gasteiger partial charge in [0.2, 0.25) is 0 Å². The fourth-order valence-electron chi connectivity index (χ4n) is 0.885. The maximum atomic E-state index is 5.16. The molecule has 0 bridgehead atoms. The number of rotatable bonds is 6. The van der Waals surface area contributed by atoms with E-state index in [9.17, 15) is 0 Å². The first-order valence-corrected chi connectivity index (χ1v) is 5.13. The second-order valence-electron chi connectivity index (χ2n) is 4.82. The summed E-state index contributed by atoms with van der Waals surface area (Å²) < 4.78 is 5.16. The van der Waals surface area contributed by atoms with Crippen LogP contribution < -0.4 is 5.32 Å². The van der Waals surface area contributed by atoms with E-state index in [0.717, 1.165) is 13.1 Å². The van der Waals surface area contributed by atoms with Gasteiger partial charge in [0.05, 0.1) is 6.10 Å². The summed E-state index contributed by atoms with van der Waals surface area (Å²) in [5, 5.41) is 3.43. The van der Waals surface area contributed by atoms with Crippen molar-refractivity contribution >= 4 is 0 Å². The first kappa shape index (κ1) is 12.9. The summed E-state index contributed by atoms with van der Waals surface area (Å²) in [5.74, 6) is 0.706. The number of methoxy groups -OCH3 is 1. The Kier molecular flexibility index (Phi) is 5.57. The molecule has 0 aromatic carbocycles. The lowest BCUT2D eigenvalue weighted by molar-refractivity contribution is 0.111. The van der Waals surface area contributed by atoms with E-state index in [2.05, 4.69) is 39.9 Å². The molecule has 1 unspecified atom stereocenters. The Morgan fingerprint density at radius 3 is 2.15 bits per heavy atom. The van der Waals surface area contributed by atoms with Gasteiger partial charge in [-0.1, -0.05) is 27.7 Å². The minimum absolute atomic E-state index is 0.308. The van der Waals surface area contributed by atoms with Crippen LogP contribution in [0.1, 0.15) is 34.6 Å². The largest absolute Gasteiger partial charge is 0.380 e. The van der Waals surface area contributed by atoms with Gasteiger partial charge in [-0.15, -0.1) is 0 Å². The van der Waals surface area contributed by atoms with E-state index in [1.807, 2.05) is 0 Å². The summed E-state index contributed by atoms with van der Waals surface area (Å²) in [4.78, 5) is 0. The Morgan fingerprint density at radius 2 is 1.77 bits per heavy atom. The zero-order valence-electron chi connectivity index (χ0n) is 9.98. The van der Waals surface area contributed by atoms with E-state index in [-0.39, 0.29) is 0 Å². The van der Waals surface area contributed by atoms with Crippen LogP contribution in [0.15, 0.2) is 0 Å². The lowest BCUT2D eigenvalue weighted by Crippen LogP contribution is -2.37. The van der Waals surface area contributed by atoms with Gasteiger partial charge in [-0.25, -0.2) is 0 Å². The van der Waals surface area contributed by atoms with Gasteiger partial charge in [-0.2, -0.15) is 0 Å². The van der Waals surface area contributed by atoms with E-state index in [1.54, 1.807) is 7.11 Å². The molecule has 80 valence electrons. The molecule has 0 heterocycles. The molecule has 0 aromatic heterocycles. The van der Waals surface area contributed by atoms with Crippen LogP contribution in [0.25, 0.3) is 0 Å². The van der Waals surface area contributed by atoms with Crippen LogP contribution in [0.2, 0.25) is 0 Å². The first-order valence-electron chi connectivity index (χ1n) is 5.13. The topological polar surface area (TPSA) is 21.3 Å². The highest BCUT2D eigenvalue weighted by atomic mass is 16.5. The molecule has 1 N–H and O–H groups in total. The van der Waals surface area contributed by atoms with E-state index >= 15 is 0 Å². The fourth-order valence-corrected chi connectivity index (χ4v) is 0.885. The zero-order chi connectivity index (χ0) is 10.5. The highest BCUT2D eigenvalue weighted by molar-refractivity contribution is 4.75. The van der Waals surface area contributed by atoms with Crippen molar-refractivity contribution in [2.75, 3.05) is 20.2 Å². The molecular weight excluding hydrogens is 162 g/mol. The smallest absolute Gasteiger partial charge is 0.0667 e. The minimum Gasteiger partial charge on any atom is -0.380 e. The van der Waals surface area contributed by atoms with Crippen molar-refractivity contribution in [1.82, 2.24) is 5.32 Å². The summed E-state index contributed by atoms with van der Waals surface area (Å²) in [6, 6.07) is 0. The second-order valence-corrected chi connectivity index (χ2v) is 4.82. The van der Waals surface area contributed by atoms with Crippen LogP contribution in [0.4, 0.5) is 0 Å². The van der Waals surface area contributed by atoms with Gasteiger partial charge in [-0.3, -0.25) is 0 Å². The summed E-state index contributed by atoms with van der Waals surface area (Å²) in [6.07, 6.45) is 0.308. The summed E-state index contributed by atoms with van der Waals surface area (Å²) in [6.45, 7) is 13.2. The van der Waals surface area contributed by atoms with Gasteiger partial charge in [0.1, 0.15) is 0 Å². The Hall–Kier alpha value is -0.0800. The van der Waals surface area contributed by atoms with Gasteiger partial charge in [0.25, 0.3) is 0 Å². The van der Waals surface area contributed by atoms with Gasteiger partial charge in [0, 0.05) is 20.2 Å². The number of ether oxygens (including phenoxy) is 1. The molecule has 0 amide bonds. The summed E-state index contributed by atoms with van der Waals surface area (Å²) in [7, 11) is 1.75. The quantitative estimate of drug-likeness (QED) is 0.689. The third-order valence-electron chi connectivity index (χ3n) is 2.98. The van der Waals surface area contributed by atoms with Crippen molar-refractivity contribution in [1.29, 1.82) is 0 Å². The van der Waals surface area contributed by atoms with E-state index < -0.39 is 0 Å². The second kappa shape index (κ2) is 5.61. The van der Waals surface area contributed by atoms with Gasteiger partial charge < -0.3 is 10.1 Å². The zero-order valence-corrected chi connectivity index (χ0v) is 9.98. The molecule has 2 heteroatoms. The number of nitrogens with one attached hydrogen (secondary N) is 1. The highest BCUT2D eigenvalue weighted by Gasteiger charge is 2.21. The maximum absolute atomic E-state index is 5.16. The van der Waals surface area contributed by atoms with Gasteiger partial charge in [0.15, 0.2) is 0 Å². The molecule has 0 aliphatic carbocycles. The Morgan fingerprint density at radius 1 is 1.23 bits per heavy atom. The summed E-state index contributed by atoms with van der Waals surface area (Å²) in [5.41, 5.74) is 0.369. The molecule has 1 atom stereocenters. The van der Waals surface area contributed by atoms with Gasteiger partial charge in [-0.05, 0) is 18.3 Å². The lowest BCUT2D eigenvalue weighted by Gasteiger charge is -2.30. The Labute approximate surface area is 83.1 Å². The van der Waals surface area contributed by atoms with Crippen molar-refractivity contribution in [2.45, 2.75) is 40.7 Å². The third-order valence-corrected chi connectivity index (χ3v) is 2.98. The average Bonchev–Trinajstić information content (AvgIpc) is 2.03. The van der Waals surface area contributed by atoms with E-state index in [4.69, 9.17) is 4.74 Å². The molecule has 0 fully saturated rings. The third kappa shape index (κ3) is 5.27. The van der Waals surface area contributed by atoms with Crippen molar-refractivity contribution in [3.63, 3.8) is 0 Å². The van der Waals surface area contributed by atoms with Crippen LogP contribution in [0.5, 0.6) is 0 Å². The predicted octanol–water partition coefficient (Wildman–Crippen LogP) is 2.29. The van der Waals surface area contributed by atoms with Crippen molar-refractivity contribution in [3.8, 4) is 0 Å². The minimum atomic E-state index is 0.308. The summed E-state index contributed by atoms with van der Waals surface area (Å²) >= 11 is 0. The molecule has 0 aliphatic rings. The average molecular weight is 187 g/mol. The molecule has 2 nitrogen and oxygen atoms in total. The van der Waals surface area contributed by atoms with Crippen LogP contribution in [0.3, 0.4) is 0 Å². The molecule has 0 saturated heterocycles. The number of hydrogen-bond acceptors (Lipinski definition) is 2. The normalized spacial score (nSPS) is 15.0.